The number of aryl methyl sites for hydroxylation is 1. The number of rotatable bonds is 13. The lowest BCUT2D eigenvalue weighted by Crippen LogP contribution is -2.11. The summed E-state index contributed by atoms with van der Waals surface area (Å²) in [5, 5.41) is 8.89. The van der Waals surface area contributed by atoms with Crippen LogP contribution in [0.1, 0.15) is 83.7 Å². The number of hydrogen-bond acceptors (Lipinski definition) is 6. The van der Waals surface area contributed by atoms with Crippen molar-refractivity contribution < 1.29 is 23.8 Å². The second-order valence-corrected chi connectivity index (χ2v) is 8.85. The molecule has 6 heteroatoms. The summed E-state index contributed by atoms with van der Waals surface area (Å²) < 4.78 is 16.3. The number of hydrogen-bond donors (Lipinski definition) is 0. The maximum absolute atomic E-state index is 12.7. The molecule has 0 aliphatic rings. The van der Waals surface area contributed by atoms with Crippen LogP contribution in [0.4, 0.5) is 0 Å². The molecule has 3 aromatic carbocycles. The molecule has 0 spiro atoms. The fourth-order valence-electron chi connectivity index (χ4n) is 3.89. The molecule has 3 aromatic rings. The lowest BCUT2D eigenvalue weighted by Gasteiger charge is -2.11. The van der Waals surface area contributed by atoms with E-state index in [1.54, 1.807) is 12.1 Å². The molecule has 37 heavy (non-hydrogen) atoms. The maximum atomic E-state index is 12.7. The first kappa shape index (κ1) is 27.5. The van der Waals surface area contributed by atoms with E-state index in [-0.39, 0.29) is 17.1 Å². The first-order valence-corrected chi connectivity index (χ1v) is 12.8. The van der Waals surface area contributed by atoms with E-state index in [4.69, 9.17) is 19.5 Å². The van der Waals surface area contributed by atoms with Crippen LogP contribution in [0.25, 0.3) is 0 Å². The van der Waals surface area contributed by atoms with E-state index in [0.29, 0.717) is 16.9 Å². The van der Waals surface area contributed by atoms with Crippen molar-refractivity contribution in [2.45, 2.75) is 58.3 Å². The number of ether oxygens (including phenoxy) is 3. The van der Waals surface area contributed by atoms with Gasteiger partial charge in [0, 0.05) is 0 Å². The van der Waals surface area contributed by atoms with Gasteiger partial charge >= 0.3 is 11.9 Å². The Morgan fingerprint density at radius 3 is 2.00 bits per heavy atom. The predicted molar refractivity (Wildman–Crippen MR) is 142 cm³/mol. The summed E-state index contributed by atoms with van der Waals surface area (Å²) in [6, 6.07) is 20.2. The summed E-state index contributed by atoms with van der Waals surface area (Å²) in [5.41, 5.74) is 2.23. The van der Waals surface area contributed by atoms with Crippen LogP contribution in [-0.4, -0.2) is 19.0 Å². The Balaban J connectivity index is 1.53. The van der Waals surface area contributed by atoms with Crippen molar-refractivity contribution in [1.29, 1.82) is 5.26 Å². The van der Waals surface area contributed by atoms with Gasteiger partial charge in [0.15, 0.2) is 11.5 Å². The van der Waals surface area contributed by atoms with Crippen molar-refractivity contribution >= 4 is 11.9 Å². The van der Waals surface area contributed by atoms with E-state index < -0.39 is 11.9 Å². The molecule has 0 unspecified atom stereocenters. The topological polar surface area (TPSA) is 85.6 Å². The van der Waals surface area contributed by atoms with Gasteiger partial charge in [0.1, 0.15) is 5.75 Å². The standard InChI is InChI=1S/C31H33NO5/c1-3-4-5-6-7-8-9-10-23-13-18-27(19-14-23)36-31(34)26-17-20-28(29(21-26)35-2)37-30(33)25-15-11-24(22-32)12-16-25/h11-21H,3-10H2,1-2H3. The molecule has 0 N–H and O–H groups in total. The molecule has 0 aliphatic heterocycles. The summed E-state index contributed by atoms with van der Waals surface area (Å²) in [4.78, 5) is 25.1. The second kappa shape index (κ2) is 14.4. The van der Waals surface area contributed by atoms with E-state index in [1.807, 2.05) is 18.2 Å². The molecule has 0 amide bonds. The summed E-state index contributed by atoms with van der Waals surface area (Å²) in [5.74, 6) is -0.286. The lowest BCUT2D eigenvalue weighted by molar-refractivity contribution is 0.0728. The number of unbranched alkanes of at least 4 members (excludes halogenated alkanes) is 6. The third kappa shape index (κ3) is 8.50. The van der Waals surface area contributed by atoms with Crippen LogP contribution >= 0.6 is 0 Å². The van der Waals surface area contributed by atoms with E-state index in [1.165, 1.54) is 93.7 Å². The number of nitrogens with zero attached hydrogens (tertiary/aromatic N) is 1. The zero-order valence-corrected chi connectivity index (χ0v) is 21.5. The highest BCUT2D eigenvalue weighted by molar-refractivity contribution is 5.93. The number of carbonyl (C=O) groups is 2. The van der Waals surface area contributed by atoms with Crippen LogP contribution in [0.15, 0.2) is 66.7 Å². The molecule has 0 radical (unpaired) electrons. The van der Waals surface area contributed by atoms with Crippen molar-refractivity contribution in [3.63, 3.8) is 0 Å². The fraction of sp³-hybridized carbons (Fsp3) is 0.323. The fourth-order valence-corrected chi connectivity index (χ4v) is 3.89. The van der Waals surface area contributed by atoms with Gasteiger partial charge in [-0.25, -0.2) is 9.59 Å². The predicted octanol–water partition coefficient (Wildman–Crippen LogP) is 7.30. The highest BCUT2D eigenvalue weighted by Gasteiger charge is 2.16. The number of esters is 2. The number of methoxy groups -OCH3 is 1. The Morgan fingerprint density at radius 1 is 0.730 bits per heavy atom. The zero-order valence-electron chi connectivity index (χ0n) is 21.5. The molecule has 0 atom stereocenters. The van der Waals surface area contributed by atoms with Crippen molar-refractivity contribution in [2.24, 2.45) is 0 Å². The summed E-state index contributed by atoms with van der Waals surface area (Å²) in [6.07, 6.45) is 9.93. The first-order valence-electron chi connectivity index (χ1n) is 12.8. The number of benzene rings is 3. The minimum absolute atomic E-state index is 0.170. The SMILES string of the molecule is CCCCCCCCCc1ccc(OC(=O)c2ccc(OC(=O)c3ccc(C#N)cc3)c(OC)c2)cc1. The van der Waals surface area contributed by atoms with Gasteiger partial charge in [-0.1, -0.05) is 57.6 Å². The monoisotopic (exact) mass is 499 g/mol. The Morgan fingerprint density at radius 2 is 1.35 bits per heavy atom. The normalized spacial score (nSPS) is 10.4. The highest BCUT2D eigenvalue weighted by Crippen LogP contribution is 2.29. The van der Waals surface area contributed by atoms with Crippen LogP contribution in [-0.2, 0) is 6.42 Å². The van der Waals surface area contributed by atoms with Gasteiger partial charge in [0.05, 0.1) is 29.9 Å². The van der Waals surface area contributed by atoms with Gasteiger partial charge in [0.2, 0.25) is 0 Å². The van der Waals surface area contributed by atoms with E-state index >= 15 is 0 Å². The Labute approximate surface area is 218 Å². The number of nitriles is 1. The first-order chi connectivity index (χ1) is 18.0. The summed E-state index contributed by atoms with van der Waals surface area (Å²) >= 11 is 0. The van der Waals surface area contributed by atoms with Gasteiger partial charge < -0.3 is 14.2 Å². The molecule has 0 saturated heterocycles. The molecule has 0 aromatic heterocycles. The minimum atomic E-state index is -0.602. The highest BCUT2D eigenvalue weighted by atomic mass is 16.6. The van der Waals surface area contributed by atoms with Crippen LogP contribution < -0.4 is 14.2 Å². The largest absolute Gasteiger partial charge is 0.493 e. The molecule has 3 rings (SSSR count). The average Bonchev–Trinajstić information content (AvgIpc) is 2.93. The Hall–Kier alpha value is -4.11. The zero-order chi connectivity index (χ0) is 26.5. The van der Waals surface area contributed by atoms with Gasteiger partial charge in [-0.2, -0.15) is 5.26 Å². The average molecular weight is 500 g/mol. The molecule has 0 saturated carbocycles. The molecule has 6 nitrogen and oxygen atoms in total. The smallest absolute Gasteiger partial charge is 0.343 e. The third-order valence-corrected chi connectivity index (χ3v) is 6.05. The molecule has 0 fully saturated rings. The van der Waals surface area contributed by atoms with Crippen LogP contribution in [0.2, 0.25) is 0 Å². The van der Waals surface area contributed by atoms with Crippen LogP contribution in [0.3, 0.4) is 0 Å². The molecular weight excluding hydrogens is 466 g/mol. The molecule has 0 heterocycles. The Kier molecular flexibility index (Phi) is 10.7. The van der Waals surface area contributed by atoms with E-state index in [2.05, 4.69) is 6.92 Å². The van der Waals surface area contributed by atoms with Gasteiger partial charge in [-0.15, -0.1) is 0 Å². The van der Waals surface area contributed by atoms with Crippen molar-refractivity contribution in [1.82, 2.24) is 0 Å². The van der Waals surface area contributed by atoms with Gasteiger partial charge in [0.25, 0.3) is 0 Å². The Bertz CT molecular complexity index is 1210. The second-order valence-electron chi connectivity index (χ2n) is 8.85. The minimum Gasteiger partial charge on any atom is -0.493 e. The van der Waals surface area contributed by atoms with Crippen molar-refractivity contribution in [3.8, 4) is 23.3 Å². The van der Waals surface area contributed by atoms with Crippen molar-refractivity contribution in [2.75, 3.05) is 7.11 Å². The van der Waals surface area contributed by atoms with E-state index in [0.717, 1.165) is 12.8 Å². The maximum Gasteiger partial charge on any atom is 0.343 e. The molecule has 0 bridgehead atoms. The third-order valence-electron chi connectivity index (χ3n) is 6.05. The molecule has 0 aliphatic carbocycles. The summed E-state index contributed by atoms with van der Waals surface area (Å²) in [7, 11) is 1.42. The quantitative estimate of drug-likeness (QED) is 0.139. The van der Waals surface area contributed by atoms with Crippen molar-refractivity contribution in [3.05, 3.63) is 89.0 Å². The van der Waals surface area contributed by atoms with Crippen LogP contribution in [0, 0.1) is 11.3 Å². The van der Waals surface area contributed by atoms with E-state index in [9.17, 15) is 9.59 Å². The summed E-state index contributed by atoms with van der Waals surface area (Å²) in [6.45, 7) is 2.23. The van der Waals surface area contributed by atoms with Crippen LogP contribution in [0.5, 0.6) is 17.2 Å². The number of carbonyl (C=O) groups excluding carboxylic acids is 2. The van der Waals surface area contributed by atoms with Gasteiger partial charge in [-0.3, -0.25) is 0 Å². The lowest BCUT2D eigenvalue weighted by atomic mass is 10.0. The van der Waals surface area contributed by atoms with Gasteiger partial charge in [-0.05, 0) is 73.0 Å². The molecule has 192 valence electrons. The molecular formula is C31H33NO5.